The van der Waals surface area contributed by atoms with Crippen LogP contribution in [0, 0.1) is 0 Å². The van der Waals surface area contributed by atoms with E-state index in [4.69, 9.17) is 4.74 Å². The van der Waals surface area contributed by atoms with Crippen molar-refractivity contribution in [2.75, 3.05) is 0 Å². The highest BCUT2D eigenvalue weighted by Crippen LogP contribution is 2.28. The first kappa shape index (κ1) is 12.8. The molecule has 1 aromatic rings. The lowest BCUT2D eigenvalue weighted by atomic mass is 9.98. The van der Waals surface area contributed by atoms with Crippen LogP contribution in [0.15, 0.2) is 28.7 Å². The molecule has 0 radical (unpaired) electrons. The van der Waals surface area contributed by atoms with Gasteiger partial charge in [0.2, 0.25) is 0 Å². The Morgan fingerprint density at radius 3 is 2.88 bits per heavy atom. The normalized spacial score (nSPS) is 25.6. The fourth-order valence-electron chi connectivity index (χ4n) is 2.07. The topological polar surface area (TPSA) is 9.23 Å². The second-order valence-corrected chi connectivity index (χ2v) is 6.80. The summed E-state index contributed by atoms with van der Waals surface area (Å²) in [6.07, 6.45) is 5.67. The lowest BCUT2D eigenvalue weighted by Gasteiger charge is -2.27. The fraction of sp³-hybridized carbons (Fsp3) is 0.538. The largest absolute Gasteiger partial charge is 0.372 e. The molecule has 0 amide bonds. The second-order valence-electron chi connectivity index (χ2n) is 4.28. The molecule has 0 aliphatic heterocycles. The van der Waals surface area contributed by atoms with Crippen LogP contribution in [0.4, 0.5) is 0 Å². The molecule has 88 valence electrons. The van der Waals surface area contributed by atoms with Gasteiger partial charge in [-0.15, -0.1) is 0 Å². The summed E-state index contributed by atoms with van der Waals surface area (Å²) in [6, 6.07) is 8.36. The standard InChI is InChI=1S/C13H16BrIO/c14-11-5-3-4-10(8-11)9-16-13-7-2-1-6-12(13)15/h3-5,8,12-13H,1-2,6-7,9H2. The van der Waals surface area contributed by atoms with Gasteiger partial charge in [-0.3, -0.25) is 0 Å². The van der Waals surface area contributed by atoms with Crippen molar-refractivity contribution in [2.45, 2.75) is 42.3 Å². The monoisotopic (exact) mass is 394 g/mol. The molecule has 0 aromatic heterocycles. The lowest BCUT2D eigenvalue weighted by Crippen LogP contribution is -2.27. The Hall–Kier alpha value is 0.390. The molecule has 0 N–H and O–H groups in total. The summed E-state index contributed by atoms with van der Waals surface area (Å²) < 4.78 is 7.83. The van der Waals surface area contributed by atoms with Crippen LogP contribution in [-0.2, 0) is 11.3 Å². The molecule has 0 heterocycles. The van der Waals surface area contributed by atoms with Gasteiger partial charge in [0, 0.05) is 8.40 Å². The smallest absolute Gasteiger partial charge is 0.0721 e. The van der Waals surface area contributed by atoms with Gasteiger partial charge < -0.3 is 4.74 Å². The molecule has 1 saturated carbocycles. The number of ether oxygens (including phenoxy) is 1. The summed E-state index contributed by atoms with van der Waals surface area (Å²) in [5, 5.41) is 0. The number of halogens is 2. The van der Waals surface area contributed by atoms with Crippen LogP contribution in [-0.4, -0.2) is 10.0 Å². The van der Waals surface area contributed by atoms with Crippen molar-refractivity contribution in [3.8, 4) is 0 Å². The highest BCUT2D eigenvalue weighted by molar-refractivity contribution is 14.1. The predicted molar refractivity (Wildman–Crippen MR) is 79.0 cm³/mol. The van der Waals surface area contributed by atoms with Gasteiger partial charge in [-0.1, -0.05) is 63.5 Å². The third-order valence-corrected chi connectivity index (χ3v) is 4.89. The van der Waals surface area contributed by atoms with Crippen LogP contribution in [0.3, 0.4) is 0 Å². The van der Waals surface area contributed by atoms with Crippen molar-refractivity contribution in [3.05, 3.63) is 34.3 Å². The first-order chi connectivity index (χ1) is 7.75. The Labute approximate surface area is 119 Å². The molecule has 2 rings (SSSR count). The highest BCUT2D eigenvalue weighted by Gasteiger charge is 2.22. The maximum atomic E-state index is 6.01. The maximum absolute atomic E-state index is 6.01. The SMILES string of the molecule is Brc1cccc(COC2CCCCC2I)c1. The summed E-state index contributed by atoms with van der Waals surface area (Å²) in [4.78, 5) is 0. The molecule has 1 fully saturated rings. The molecule has 0 saturated heterocycles. The predicted octanol–water partition coefficient (Wildman–Crippen LogP) is 4.71. The van der Waals surface area contributed by atoms with Crippen molar-refractivity contribution in [2.24, 2.45) is 0 Å². The van der Waals surface area contributed by atoms with Gasteiger partial charge in [0.25, 0.3) is 0 Å². The average molecular weight is 395 g/mol. The number of hydrogen-bond acceptors (Lipinski definition) is 1. The molecular weight excluding hydrogens is 379 g/mol. The van der Waals surface area contributed by atoms with Gasteiger partial charge in [-0.05, 0) is 30.5 Å². The summed E-state index contributed by atoms with van der Waals surface area (Å²) in [6.45, 7) is 0.740. The third kappa shape index (κ3) is 3.70. The van der Waals surface area contributed by atoms with E-state index in [2.05, 4.69) is 56.7 Å². The second kappa shape index (κ2) is 6.36. The third-order valence-electron chi connectivity index (χ3n) is 2.98. The van der Waals surface area contributed by atoms with Crippen LogP contribution >= 0.6 is 38.5 Å². The van der Waals surface area contributed by atoms with E-state index in [1.54, 1.807) is 0 Å². The lowest BCUT2D eigenvalue weighted by molar-refractivity contribution is 0.0245. The minimum Gasteiger partial charge on any atom is -0.372 e. The highest BCUT2D eigenvalue weighted by atomic mass is 127. The van der Waals surface area contributed by atoms with Crippen molar-refractivity contribution >= 4 is 38.5 Å². The van der Waals surface area contributed by atoms with Crippen molar-refractivity contribution < 1.29 is 4.74 Å². The average Bonchev–Trinajstić information content (AvgIpc) is 2.28. The first-order valence-electron chi connectivity index (χ1n) is 5.76. The summed E-state index contributed by atoms with van der Waals surface area (Å²) in [7, 11) is 0. The van der Waals surface area contributed by atoms with Gasteiger partial charge in [-0.25, -0.2) is 0 Å². The van der Waals surface area contributed by atoms with Crippen molar-refractivity contribution in [1.29, 1.82) is 0 Å². The van der Waals surface area contributed by atoms with E-state index in [-0.39, 0.29) is 0 Å². The zero-order chi connectivity index (χ0) is 11.4. The molecular formula is C13H16BrIO. The van der Waals surface area contributed by atoms with Crippen LogP contribution in [0.2, 0.25) is 0 Å². The van der Waals surface area contributed by atoms with Crippen LogP contribution in [0.1, 0.15) is 31.2 Å². The molecule has 0 spiro atoms. The summed E-state index contributed by atoms with van der Waals surface area (Å²) in [5.41, 5.74) is 1.25. The first-order valence-corrected chi connectivity index (χ1v) is 7.79. The summed E-state index contributed by atoms with van der Waals surface area (Å²) in [5.74, 6) is 0. The number of hydrogen-bond donors (Lipinski definition) is 0. The molecule has 1 aliphatic carbocycles. The van der Waals surface area contributed by atoms with Gasteiger partial charge in [0.05, 0.1) is 12.7 Å². The Bertz CT molecular complexity index is 342. The van der Waals surface area contributed by atoms with E-state index >= 15 is 0 Å². The molecule has 1 aliphatic rings. The Morgan fingerprint density at radius 2 is 2.12 bits per heavy atom. The summed E-state index contributed by atoms with van der Waals surface area (Å²) >= 11 is 6.02. The number of alkyl halides is 1. The minimum absolute atomic E-state index is 0.452. The quantitative estimate of drug-likeness (QED) is 0.532. The van der Waals surface area contributed by atoms with E-state index in [1.807, 2.05) is 6.07 Å². The molecule has 2 atom stereocenters. The number of rotatable bonds is 3. The van der Waals surface area contributed by atoms with Gasteiger partial charge in [-0.2, -0.15) is 0 Å². The molecule has 1 nitrogen and oxygen atoms in total. The molecule has 0 bridgehead atoms. The zero-order valence-corrected chi connectivity index (χ0v) is 12.9. The zero-order valence-electron chi connectivity index (χ0n) is 9.16. The Balaban J connectivity index is 1.86. The van der Waals surface area contributed by atoms with Gasteiger partial charge in [0.15, 0.2) is 0 Å². The molecule has 2 unspecified atom stereocenters. The van der Waals surface area contributed by atoms with Crippen LogP contribution < -0.4 is 0 Å². The van der Waals surface area contributed by atoms with Gasteiger partial charge >= 0.3 is 0 Å². The fourth-order valence-corrected chi connectivity index (χ4v) is 3.52. The molecule has 1 aromatic carbocycles. The maximum Gasteiger partial charge on any atom is 0.0721 e. The van der Waals surface area contributed by atoms with Crippen LogP contribution in [0.5, 0.6) is 0 Å². The molecule has 3 heteroatoms. The Morgan fingerprint density at radius 1 is 1.31 bits per heavy atom. The van der Waals surface area contributed by atoms with E-state index in [0.29, 0.717) is 10.0 Å². The van der Waals surface area contributed by atoms with Crippen LogP contribution in [0.25, 0.3) is 0 Å². The van der Waals surface area contributed by atoms with Gasteiger partial charge in [0.1, 0.15) is 0 Å². The van der Waals surface area contributed by atoms with E-state index < -0.39 is 0 Å². The molecule has 16 heavy (non-hydrogen) atoms. The number of benzene rings is 1. The Kier molecular flexibility index (Phi) is 5.10. The van der Waals surface area contributed by atoms with Crippen molar-refractivity contribution in [1.82, 2.24) is 0 Å². The van der Waals surface area contributed by atoms with E-state index in [0.717, 1.165) is 11.1 Å². The van der Waals surface area contributed by atoms with Crippen molar-refractivity contribution in [3.63, 3.8) is 0 Å². The minimum atomic E-state index is 0.452. The van der Waals surface area contributed by atoms with E-state index in [1.165, 1.54) is 31.2 Å². The van der Waals surface area contributed by atoms with E-state index in [9.17, 15) is 0 Å².